The molecule has 3 rings (SSSR count). The van der Waals surface area contributed by atoms with Gasteiger partial charge in [0.25, 0.3) is 0 Å². The van der Waals surface area contributed by atoms with Crippen LogP contribution in [0, 0.1) is 6.92 Å². The monoisotopic (exact) mass is 381 g/mol. The van der Waals surface area contributed by atoms with Crippen molar-refractivity contribution < 1.29 is 9.53 Å². The standard InChI is InChI=1S/C21H23N3O2S/c1-4-26-20(25)16(3)27-21-23-22-19(14-17-10-6-5-7-11-17)24(21)18-12-8-9-15(2)13-18/h5-13,16H,4,14H2,1-3H3. The lowest BCUT2D eigenvalue weighted by Crippen LogP contribution is -2.17. The molecule has 1 heterocycles. The number of hydrogen-bond donors (Lipinski definition) is 0. The summed E-state index contributed by atoms with van der Waals surface area (Å²) in [4.78, 5) is 12.0. The summed E-state index contributed by atoms with van der Waals surface area (Å²) >= 11 is 1.37. The fourth-order valence-electron chi connectivity index (χ4n) is 2.76. The minimum atomic E-state index is -0.359. The third kappa shape index (κ3) is 4.77. The van der Waals surface area contributed by atoms with E-state index in [-0.39, 0.29) is 11.2 Å². The molecule has 0 spiro atoms. The van der Waals surface area contributed by atoms with Crippen molar-refractivity contribution in [2.24, 2.45) is 0 Å². The minimum absolute atomic E-state index is 0.245. The fourth-order valence-corrected chi connectivity index (χ4v) is 3.65. The van der Waals surface area contributed by atoms with Crippen LogP contribution in [-0.4, -0.2) is 32.6 Å². The van der Waals surface area contributed by atoms with Gasteiger partial charge in [0.05, 0.1) is 6.61 Å². The Morgan fingerprint density at radius 2 is 1.93 bits per heavy atom. The number of hydrogen-bond acceptors (Lipinski definition) is 5. The zero-order valence-electron chi connectivity index (χ0n) is 15.8. The van der Waals surface area contributed by atoms with Gasteiger partial charge >= 0.3 is 5.97 Å². The van der Waals surface area contributed by atoms with E-state index in [4.69, 9.17) is 4.74 Å². The molecule has 0 saturated carbocycles. The second-order valence-corrected chi connectivity index (χ2v) is 7.56. The van der Waals surface area contributed by atoms with E-state index in [1.807, 2.05) is 48.7 Å². The molecule has 3 aromatic rings. The van der Waals surface area contributed by atoms with Gasteiger partial charge in [-0.15, -0.1) is 10.2 Å². The van der Waals surface area contributed by atoms with Crippen LogP contribution < -0.4 is 0 Å². The summed E-state index contributed by atoms with van der Waals surface area (Å²) in [5, 5.41) is 9.11. The van der Waals surface area contributed by atoms with Crippen LogP contribution in [0.3, 0.4) is 0 Å². The number of thioether (sulfide) groups is 1. The van der Waals surface area contributed by atoms with Crippen LogP contribution in [0.2, 0.25) is 0 Å². The molecule has 0 bridgehead atoms. The molecule has 0 fully saturated rings. The summed E-state index contributed by atoms with van der Waals surface area (Å²) in [5.41, 5.74) is 3.31. The normalized spacial score (nSPS) is 12.0. The predicted molar refractivity (Wildman–Crippen MR) is 107 cm³/mol. The van der Waals surface area contributed by atoms with E-state index in [0.717, 1.165) is 22.6 Å². The lowest BCUT2D eigenvalue weighted by atomic mass is 10.1. The number of esters is 1. The van der Waals surface area contributed by atoms with Gasteiger partial charge in [-0.3, -0.25) is 9.36 Å². The number of benzene rings is 2. The summed E-state index contributed by atoms with van der Waals surface area (Å²) in [6.45, 7) is 6.06. The van der Waals surface area contributed by atoms with Crippen molar-refractivity contribution in [2.45, 2.75) is 37.6 Å². The van der Waals surface area contributed by atoms with Crippen LogP contribution >= 0.6 is 11.8 Å². The molecule has 6 heteroatoms. The third-order valence-electron chi connectivity index (χ3n) is 4.07. The van der Waals surface area contributed by atoms with Gasteiger partial charge in [-0.05, 0) is 44.0 Å². The fraction of sp³-hybridized carbons (Fsp3) is 0.286. The highest BCUT2D eigenvalue weighted by atomic mass is 32.2. The Morgan fingerprint density at radius 1 is 1.15 bits per heavy atom. The molecule has 0 saturated heterocycles. The Balaban J connectivity index is 1.97. The van der Waals surface area contributed by atoms with Gasteiger partial charge in [0, 0.05) is 12.1 Å². The molecule has 0 aliphatic heterocycles. The van der Waals surface area contributed by atoms with E-state index in [2.05, 4.69) is 41.4 Å². The lowest BCUT2D eigenvalue weighted by Gasteiger charge is -2.13. The Bertz CT molecular complexity index is 909. The molecule has 1 unspecified atom stereocenters. The van der Waals surface area contributed by atoms with Crippen molar-refractivity contribution in [3.63, 3.8) is 0 Å². The van der Waals surface area contributed by atoms with E-state index in [1.54, 1.807) is 0 Å². The molecule has 1 aromatic heterocycles. The van der Waals surface area contributed by atoms with E-state index in [0.29, 0.717) is 18.2 Å². The van der Waals surface area contributed by atoms with E-state index >= 15 is 0 Å². The molecule has 140 valence electrons. The number of rotatable bonds is 7. The van der Waals surface area contributed by atoms with Crippen molar-refractivity contribution >= 4 is 17.7 Å². The largest absolute Gasteiger partial charge is 0.465 e. The van der Waals surface area contributed by atoms with Gasteiger partial charge in [-0.25, -0.2) is 0 Å². The average Bonchev–Trinajstić information content (AvgIpc) is 3.04. The topological polar surface area (TPSA) is 57.0 Å². The molecule has 5 nitrogen and oxygen atoms in total. The number of ether oxygens (including phenoxy) is 1. The molecule has 0 radical (unpaired) electrons. The third-order valence-corrected chi connectivity index (χ3v) is 5.09. The van der Waals surface area contributed by atoms with Crippen LogP contribution in [0.5, 0.6) is 0 Å². The second-order valence-electron chi connectivity index (χ2n) is 6.25. The zero-order valence-corrected chi connectivity index (χ0v) is 16.6. The number of aryl methyl sites for hydroxylation is 1. The Kier molecular flexibility index (Phi) is 6.29. The van der Waals surface area contributed by atoms with Gasteiger partial charge in [0.1, 0.15) is 11.1 Å². The van der Waals surface area contributed by atoms with Crippen molar-refractivity contribution in [1.82, 2.24) is 14.8 Å². The predicted octanol–water partition coefficient (Wildman–Crippen LogP) is 4.21. The van der Waals surface area contributed by atoms with Gasteiger partial charge in [-0.2, -0.15) is 0 Å². The van der Waals surface area contributed by atoms with E-state index in [9.17, 15) is 4.79 Å². The van der Waals surface area contributed by atoms with Crippen molar-refractivity contribution in [3.05, 3.63) is 71.5 Å². The van der Waals surface area contributed by atoms with Gasteiger partial charge in [0.15, 0.2) is 5.16 Å². The molecular formula is C21H23N3O2S. The van der Waals surface area contributed by atoms with Crippen molar-refractivity contribution in [1.29, 1.82) is 0 Å². The summed E-state index contributed by atoms with van der Waals surface area (Å²) in [7, 11) is 0. The van der Waals surface area contributed by atoms with Gasteiger partial charge in [-0.1, -0.05) is 54.2 Å². The number of nitrogens with zero attached hydrogens (tertiary/aromatic N) is 3. The maximum Gasteiger partial charge on any atom is 0.319 e. The van der Waals surface area contributed by atoms with Crippen LogP contribution in [0.25, 0.3) is 5.69 Å². The first-order chi connectivity index (χ1) is 13.1. The SMILES string of the molecule is CCOC(=O)C(C)Sc1nnc(Cc2ccccc2)n1-c1cccc(C)c1. The van der Waals surface area contributed by atoms with E-state index < -0.39 is 0 Å². The maximum absolute atomic E-state index is 12.0. The summed E-state index contributed by atoms with van der Waals surface area (Å²) < 4.78 is 7.15. The van der Waals surface area contributed by atoms with Crippen LogP contribution in [0.15, 0.2) is 59.8 Å². The molecule has 0 N–H and O–H groups in total. The van der Waals surface area contributed by atoms with Crippen molar-refractivity contribution in [2.75, 3.05) is 6.61 Å². The van der Waals surface area contributed by atoms with Crippen LogP contribution in [0.1, 0.15) is 30.8 Å². The molecule has 0 amide bonds. The van der Waals surface area contributed by atoms with Gasteiger partial charge in [0.2, 0.25) is 0 Å². The molecule has 27 heavy (non-hydrogen) atoms. The van der Waals surface area contributed by atoms with E-state index in [1.165, 1.54) is 11.8 Å². The summed E-state index contributed by atoms with van der Waals surface area (Å²) in [6.07, 6.45) is 0.663. The number of carbonyl (C=O) groups is 1. The Hall–Kier alpha value is -2.60. The summed E-state index contributed by atoms with van der Waals surface area (Å²) in [6, 6.07) is 18.4. The van der Waals surface area contributed by atoms with Crippen LogP contribution in [0.4, 0.5) is 0 Å². The minimum Gasteiger partial charge on any atom is -0.465 e. The number of aromatic nitrogens is 3. The first-order valence-corrected chi connectivity index (χ1v) is 9.85. The smallest absolute Gasteiger partial charge is 0.319 e. The van der Waals surface area contributed by atoms with Crippen molar-refractivity contribution in [3.8, 4) is 5.69 Å². The summed E-state index contributed by atoms with van der Waals surface area (Å²) in [5.74, 6) is 0.594. The zero-order chi connectivity index (χ0) is 19.2. The molecule has 0 aliphatic carbocycles. The first-order valence-electron chi connectivity index (χ1n) is 8.97. The Labute approximate surface area is 163 Å². The quantitative estimate of drug-likeness (QED) is 0.453. The lowest BCUT2D eigenvalue weighted by molar-refractivity contribution is -0.142. The number of carbonyl (C=O) groups excluding carboxylic acids is 1. The molecule has 1 atom stereocenters. The average molecular weight is 382 g/mol. The molecular weight excluding hydrogens is 358 g/mol. The highest BCUT2D eigenvalue weighted by Crippen LogP contribution is 2.27. The van der Waals surface area contributed by atoms with Gasteiger partial charge < -0.3 is 4.74 Å². The highest BCUT2D eigenvalue weighted by Gasteiger charge is 2.22. The molecule has 0 aliphatic rings. The Morgan fingerprint density at radius 3 is 2.63 bits per heavy atom. The first kappa shape index (κ1) is 19.2. The van der Waals surface area contributed by atoms with Crippen LogP contribution in [-0.2, 0) is 16.0 Å². The second kappa shape index (κ2) is 8.86. The highest BCUT2D eigenvalue weighted by molar-refractivity contribution is 8.00. The maximum atomic E-state index is 12.0. The molecule has 2 aromatic carbocycles.